The number of benzene rings is 3. The van der Waals surface area contributed by atoms with Crippen molar-refractivity contribution in [3.8, 4) is 11.1 Å². The molecular formula is C19H18N4O3S. The van der Waals surface area contributed by atoms with E-state index in [-0.39, 0.29) is 4.90 Å². The fourth-order valence-electron chi connectivity index (χ4n) is 2.56. The summed E-state index contributed by atoms with van der Waals surface area (Å²) in [7, 11) is -3.70. The lowest BCUT2D eigenvalue weighted by Crippen LogP contribution is -2.11. The maximum atomic E-state index is 11.3. The standard InChI is InChI=1S/C19H18N4O3S/c20-18-10-3-14(11-19(18)22-12-24)13-1-4-15(5-2-13)23-16-6-8-17(9-7-16)27(21,25)26/h1-12,23H,20H2,(H,22,24)(H2,21,25,26). The molecule has 0 unspecified atom stereocenters. The summed E-state index contributed by atoms with van der Waals surface area (Å²) in [6.45, 7) is 0. The number of rotatable bonds is 6. The number of anilines is 4. The molecule has 3 aromatic carbocycles. The lowest BCUT2D eigenvalue weighted by molar-refractivity contribution is -0.105. The molecule has 8 heteroatoms. The van der Waals surface area contributed by atoms with Crippen LogP contribution in [0.3, 0.4) is 0 Å². The number of hydrogen-bond donors (Lipinski definition) is 4. The Balaban J connectivity index is 1.77. The molecule has 0 fully saturated rings. The van der Waals surface area contributed by atoms with Gasteiger partial charge < -0.3 is 16.4 Å². The van der Waals surface area contributed by atoms with Crippen LogP contribution < -0.4 is 21.5 Å². The summed E-state index contributed by atoms with van der Waals surface area (Å²) < 4.78 is 22.6. The Morgan fingerprint density at radius 3 is 1.93 bits per heavy atom. The van der Waals surface area contributed by atoms with E-state index in [0.29, 0.717) is 17.8 Å². The summed E-state index contributed by atoms with van der Waals surface area (Å²) in [5.41, 5.74) is 10.3. The van der Waals surface area contributed by atoms with Crippen molar-refractivity contribution in [3.63, 3.8) is 0 Å². The average Bonchev–Trinajstić information content (AvgIpc) is 2.64. The maximum absolute atomic E-state index is 11.3. The first-order chi connectivity index (χ1) is 12.9. The second-order valence-corrected chi connectivity index (χ2v) is 7.40. The fourth-order valence-corrected chi connectivity index (χ4v) is 3.08. The van der Waals surface area contributed by atoms with Crippen molar-refractivity contribution in [2.75, 3.05) is 16.4 Å². The van der Waals surface area contributed by atoms with Gasteiger partial charge in [-0.3, -0.25) is 4.79 Å². The van der Waals surface area contributed by atoms with Gasteiger partial charge in [0.05, 0.1) is 16.3 Å². The Morgan fingerprint density at radius 2 is 1.37 bits per heavy atom. The minimum absolute atomic E-state index is 0.0616. The largest absolute Gasteiger partial charge is 0.397 e. The minimum atomic E-state index is -3.70. The fraction of sp³-hybridized carbons (Fsp3) is 0. The molecular weight excluding hydrogens is 364 g/mol. The van der Waals surface area contributed by atoms with Gasteiger partial charge in [0.15, 0.2) is 0 Å². The Morgan fingerprint density at radius 1 is 0.815 bits per heavy atom. The molecule has 1 amide bonds. The number of nitrogens with two attached hydrogens (primary N) is 2. The molecule has 0 saturated carbocycles. The molecule has 0 saturated heterocycles. The molecule has 3 aromatic rings. The molecule has 0 aliphatic carbocycles. The van der Waals surface area contributed by atoms with Crippen molar-refractivity contribution in [3.05, 3.63) is 66.7 Å². The molecule has 0 spiro atoms. The lowest BCUT2D eigenvalue weighted by atomic mass is 10.0. The summed E-state index contributed by atoms with van der Waals surface area (Å²) >= 11 is 0. The summed E-state index contributed by atoms with van der Waals surface area (Å²) in [5.74, 6) is 0. The number of hydrogen-bond acceptors (Lipinski definition) is 5. The van der Waals surface area contributed by atoms with Gasteiger partial charge in [0.1, 0.15) is 0 Å². The molecule has 3 rings (SSSR count). The number of sulfonamides is 1. The van der Waals surface area contributed by atoms with E-state index in [1.165, 1.54) is 12.1 Å². The molecule has 0 aromatic heterocycles. The number of nitrogen functional groups attached to an aromatic ring is 1. The van der Waals surface area contributed by atoms with E-state index in [0.717, 1.165) is 22.5 Å². The molecule has 0 bridgehead atoms. The zero-order chi connectivity index (χ0) is 19.4. The normalized spacial score (nSPS) is 11.0. The third-order valence-corrected chi connectivity index (χ3v) is 4.89. The average molecular weight is 382 g/mol. The predicted molar refractivity (Wildman–Crippen MR) is 107 cm³/mol. The second kappa shape index (κ2) is 7.48. The highest BCUT2D eigenvalue weighted by Crippen LogP contribution is 2.28. The molecule has 6 N–H and O–H groups in total. The Labute approximate surface area is 157 Å². The van der Waals surface area contributed by atoms with Crippen LogP contribution in [-0.4, -0.2) is 14.8 Å². The zero-order valence-corrected chi connectivity index (χ0v) is 15.0. The summed E-state index contributed by atoms with van der Waals surface area (Å²) in [6, 6.07) is 19.2. The van der Waals surface area contributed by atoms with E-state index >= 15 is 0 Å². The molecule has 27 heavy (non-hydrogen) atoms. The Kier molecular flexibility index (Phi) is 5.11. The number of primary sulfonamides is 1. The van der Waals surface area contributed by atoms with Gasteiger partial charge in [0.25, 0.3) is 0 Å². The van der Waals surface area contributed by atoms with Gasteiger partial charge >= 0.3 is 0 Å². The van der Waals surface area contributed by atoms with Crippen molar-refractivity contribution < 1.29 is 13.2 Å². The monoisotopic (exact) mass is 382 g/mol. The van der Waals surface area contributed by atoms with Gasteiger partial charge in [0.2, 0.25) is 16.4 Å². The van der Waals surface area contributed by atoms with Gasteiger partial charge in [-0.25, -0.2) is 13.6 Å². The number of nitrogens with one attached hydrogen (secondary N) is 2. The van der Waals surface area contributed by atoms with Gasteiger partial charge in [-0.2, -0.15) is 0 Å². The summed E-state index contributed by atoms with van der Waals surface area (Å²) in [6.07, 6.45) is 0.587. The van der Waals surface area contributed by atoms with Gasteiger partial charge in [-0.05, 0) is 59.7 Å². The topological polar surface area (TPSA) is 127 Å². The van der Waals surface area contributed by atoms with E-state index in [1.54, 1.807) is 24.3 Å². The first kappa shape index (κ1) is 18.4. The van der Waals surface area contributed by atoms with E-state index < -0.39 is 10.0 Å². The number of carbonyl (C=O) groups excluding carboxylic acids is 1. The Bertz CT molecular complexity index is 1060. The highest BCUT2D eigenvalue weighted by atomic mass is 32.2. The predicted octanol–water partition coefficient (Wildman–Crippen LogP) is 2.90. The zero-order valence-electron chi connectivity index (χ0n) is 14.2. The van der Waals surface area contributed by atoms with Gasteiger partial charge in [-0.1, -0.05) is 18.2 Å². The third-order valence-electron chi connectivity index (χ3n) is 3.96. The quantitative estimate of drug-likeness (QED) is 0.385. The highest BCUT2D eigenvalue weighted by molar-refractivity contribution is 7.89. The van der Waals surface area contributed by atoms with Crippen molar-refractivity contribution in [2.45, 2.75) is 4.90 Å². The van der Waals surface area contributed by atoms with Crippen LogP contribution in [0.15, 0.2) is 71.6 Å². The summed E-state index contributed by atoms with van der Waals surface area (Å²) in [4.78, 5) is 10.7. The molecule has 0 aliphatic rings. The number of carbonyl (C=O) groups is 1. The molecule has 0 aliphatic heterocycles. The van der Waals surface area contributed by atoms with Crippen LogP contribution in [0.25, 0.3) is 11.1 Å². The molecule has 0 heterocycles. The van der Waals surface area contributed by atoms with Crippen LogP contribution in [-0.2, 0) is 14.8 Å². The van der Waals surface area contributed by atoms with Crippen molar-refractivity contribution in [1.29, 1.82) is 0 Å². The first-order valence-electron chi connectivity index (χ1n) is 7.97. The van der Waals surface area contributed by atoms with E-state index in [1.807, 2.05) is 30.3 Å². The highest BCUT2D eigenvalue weighted by Gasteiger charge is 2.07. The van der Waals surface area contributed by atoms with Crippen LogP contribution in [0, 0.1) is 0 Å². The lowest BCUT2D eigenvalue weighted by Gasteiger charge is -2.10. The summed E-state index contributed by atoms with van der Waals surface area (Å²) in [5, 5.41) is 10.9. The molecule has 7 nitrogen and oxygen atoms in total. The van der Waals surface area contributed by atoms with Crippen LogP contribution in [0.1, 0.15) is 0 Å². The van der Waals surface area contributed by atoms with Crippen LogP contribution in [0.2, 0.25) is 0 Å². The van der Waals surface area contributed by atoms with Crippen LogP contribution in [0.5, 0.6) is 0 Å². The van der Waals surface area contributed by atoms with E-state index in [9.17, 15) is 13.2 Å². The second-order valence-electron chi connectivity index (χ2n) is 5.84. The van der Waals surface area contributed by atoms with Crippen LogP contribution in [0.4, 0.5) is 22.7 Å². The van der Waals surface area contributed by atoms with Crippen LogP contribution >= 0.6 is 0 Å². The van der Waals surface area contributed by atoms with Crippen molar-refractivity contribution >= 4 is 39.2 Å². The maximum Gasteiger partial charge on any atom is 0.238 e. The third kappa shape index (κ3) is 4.43. The number of amides is 1. The first-order valence-corrected chi connectivity index (χ1v) is 9.51. The minimum Gasteiger partial charge on any atom is -0.397 e. The van der Waals surface area contributed by atoms with Gasteiger partial charge in [-0.15, -0.1) is 0 Å². The molecule has 0 radical (unpaired) electrons. The molecule has 0 atom stereocenters. The SMILES string of the molecule is Nc1ccc(-c2ccc(Nc3ccc(S(N)(=O)=O)cc3)cc2)cc1NC=O. The van der Waals surface area contributed by atoms with E-state index in [4.69, 9.17) is 10.9 Å². The van der Waals surface area contributed by atoms with Crippen molar-refractivity contribution in [2.24, 2.45) is 5.14 Å². The van der Waals surface area contributed by atoms with Crippen molar-refractivity contribution in [1.82, 2.24) is 0 Å². The molecule has 138 valence electrons. The smallest absolute Gasteiger partial charge is 0.238 e. The van der Waals surface area contributed by atoms with Gasteiger partial charge in [0, 0.05) is 11.4 Å². The Hall–Kier alpha value is -3.36. The van der Waals surface area contributed by atoms with E-state index in [2.05, 4.69) is 10.6 Å².